The van der Waals surface area contributed by atoms with Gasteiger partial charge in [0.1, 0.15) is 5.67 Å². The van der Waals surface area contributed by atoms with E-state index in [9.17, 15) is 4.39 Å². The van der Waals surface area contributed by atoms with E-state index in [4.69, 9.17) is 0 Å². The number of rotatable bonds is 9. The quantitative estimate of drug-likeness (QED) is 0.412. The Kier molecular flexibility index (Phi) is 8.47. The molecule has 1 heterocycles. The summed E-state index contributed by atoms with van der Waals surface area (Å²) >= 11 is 0. The zero-order valence-corrected chi connectivity index (χ0v) is 21.3. The van der Waals surface area contributed by atoms with E-state index in [2.05, 4.69) is 65.3 Å². The van der Waals surface area contributed by atoms with Crippen LogP contribution < -0.4 is 5.32 Å². The van der Waals surface area contributed by atoms with Gasteiger partial charge in [0.05, 0.1) is 0 Å². The van der Waals surface area contributed by atoms with Crippen LogP contribution >= 0.6 is 0 Å². The molecule has 0 unspecified atom stereocenters. The highest BCUT2D eigenvalue weighted by Gasteiger charge is 2.25. The van der Waals surface area contributed by atoms with Crippen molar-refractivity contribution in [2.45, 2.75) is 83.3 Å². The van der Waals surface area contributed by atoms with Crippen LogP contribution in [0.1, 0.15) is 76.3 Å². The van der Waals surface area contributed by atoms with Gasteiger partial charge in [-0.05, 0) is 93.6 Å². The molecule has 0 aromatic heterocycles. The Hall–Kier alpha value is -2.13. The molecule has 34 heavy (non-hydrogen) atoms. The van der Waals surface area contributed by atoms with E-state index >= 15 is 0 Å². The summed E-state index contributed by atoms with van der Waals surface area (Å²) in [7, 11) is 0. The fourth-order valence-corrected chi connectivity index (χ4v) is 5.64. The Morgan fingerprint density at radius 2 is 1.50 bits per heavy atom. The average Bonchev–Trinajstić information content (AvgIpc) is 2.84. The molecule has 1 saturated heterocycles. The van der Waals surface area contributed by atoms with E-state index in [-0.39, 0.29) is 0 Å². The lowest BCUT2D eigenvalue weighted by Crippen LogP contribution is -2.41. The molecule has 184 valence electrons. The van der Waals surface area contributed by atoms with Gasteiger partial charge in [-0.25, -0.2) is 4.39 Å². The molecular formula is C31H43FN2. The SMILES string of the molecule is C=C(NC1CCCCC1)c1ccc(-c2ccc(CCC3CCN(CC(C)(C)F)CC3)cc2)cc1. The maximum Gasteiger partial charge on any atom is 0.118 e. The molecule has 2 nitrogen and oxygen atoms in total. The van der Waals surface area contributed by atoms with Crippen molar-refractivity contribution in [3.05, 3.63) is 66.2 Å². The normalized spacial score (nSPS) is 18.7. The van der Waals surface area contributed by atoms with Gasteiger partial charge < -0.3 is 10.2 Å². The summed E-state index contributed by atoms with van der Waals surface area (Å²) in [6.07, 6.45) is 11.3. The molecule has 2 fully saturated rings. The maximum atomic E-state index is 13.9. The van der Waals surface area contributed by atoms with Crippen molar-refractivity contribution in [2.75, 3.05) is 19.6 Å². The van der Waals surface area contributed by atoms with Crippen LogP contribution in [0.5, 0.6) is 0 Å². The molecule has 0 atom stereocenters. The molecule has 0 spiro atoms. The van der Waals surface area contributed by atoms with Gasteiger partial charge in [-0.3, -0.25) is 0 Å². The largest absolute Gasteiger partial charge is 0.382 e. The van der Waals surface area contributed by atoms with Crippen molar-refractivity contribution < 1.29 is 4.39 Å². The van der Waals surface area contributed by atoms with Gasteiger partial charge in [0, 0.05) is 18.3 Å². The van der Waals surface area contributed by atoms with Gasteiger partial charge in [0.2, 0.25) is 0 Å². The van der Waals surface area contributed by atoms with Crippen molar-refractivity contribution >= 4 is 5.70 Å². The van der Waals surface area contributed by atoms with Crippen LogP contribution in [0.25, 0.3) is 16.8 Å². The highest BCUT2D eigenvalue weighted by molar-refractivity contribution is 5.69. The van der Waals surface area contributed by atoms with Crippen LogP contribution in [0.15, 0.2) is 55.1 Å². The molecule has 4 rings (SSSR count). The van der Waals surface area contributed by atoms with Gasteiger partial charge >= 0.3 is 0 Å². The van der Waals surface area contributed by atoms with E-state index in [1.165, 1.54) is 73.6 Å². The molecule has 2 aromatic rings. The van der Waals surface area contributed by atoms with E-state index in [0.717, 1.165) is 31.1 Å². The molecule has 1 aliphatic heterocycles. The predicted octanol–water partition coefficient (Wildman–Crippen LogP) is 7.64. The highest BCUT2D eigenvalue weighted by atomic mass is 19.1. The van der Waals surface area contributed by atoms with Crippen LogP contribution in [0.3, 0.4) is 0 Å². The second-order valence-corrected chi connectivity index (χ2v) is 11.2. The van der Waals surface area contributed by atoms with E-state index in [1.807, 2.05) is 0 Å². The Morgan fingerprint density at radius 1 is 0.912 bits per heavy atom. The third-order valence-electron chi connectivity index (χ3n) is 7.65. The number of aryl methyl sites for hydroxylation is 1. The van der Waals surface area contributed by atoms with Crippen molar-refractivity contribution in [1.82, 2.24) is 10.2 Å². The molecule has 2 aliphatic rings. The van der Waals surface area contributed by atoms with Gasteiger partial charge in [0.15, 0.2) is 0 Å². The number of likely N-dealkylation sites (tertiary alicyclic amines) is 1. The lowest BCUT2D eigenvalue weighted by molar-refractivity contribution is 0.0943. The molecule has 1 aliphatic carbocycles. The fraction of sp³-hybridized carbons (Fsp3) is 0.548. The fourth-order valence-electron chi connectivity index (χ4n) is 5.64. The van der Waals surface area contributed by atoms with Crippen LogP contribution in [0, 0.1) is 5.92 Å². The molecule has 0 radical (unpaired) electrons. The number of hydrogen-bond donors (Lipinski definition) is 1. The first kappa shape index (κ1) is 25.0. The first-order valence-electron chi connectivity index (χ1n) is 13.4. The molecule has 1 N–H and O–H groups in total. The standard InChI is InChI=1S/C31H43FN2/c1-24(33-30-7-5-4-6-8-30)27-15-17-29(18-16-27)28-13-11-25(12-14-28)9-10-26-19-21-34(22-20-26)23-31(2,3)32/h11-18,26,30,33H,1,4-10,19-23H2,2-3H3. The van der Waals surface area contributed by atoms with Crippen LogP contribution in [-0.2, 0) is 6.42 Å². The van der Waals surface area contributed by atoms with Crippen molar-refractivity contribution in [3.8, 4) is 11.1 Å². The predicted molar refractivity (Wildman–Crippen MR) is 144 cm³/mol. The molecule has 3 heteroatoms. The van der Waals surface area contributed by atoms with E-state index in [1.54, 1.807) is 13.8 Å². The average molecular weight is 463 g/mol. The lowest BCUT2D eigenvalue weighted by atomic mass is 9.90. The Bertz CT molecular complexity index is 896. The summed E-state index contributed by atoms with van der Waals surface area (Å²) in [6.45, 7) is 10.3. The number of benzene rings is 2. The monoisotopic (exact) mass is 462 g/mol. The maximum absolute atomic E-state index is 13.9. The minimum Gasteiger partial charge on any atom is -0.382 e. The first-order valence-corrected chi connectivity index (χ1v) is 13.4. The van der Waals surface area contributed by atoms with Gasteiger partial charge in [-0.15, -0.1) is 0 Å². The summed E-state index contributed by atoms with van der Waals surface area (Å²) < 4.78 is 13.9. The first-order chi connectivity index (χ1) is 16.4. The summed E-state index contributed by atoms with van der Waals surface area (Å²) in [5.74, 6) is 0.765. The van der Waals surface area contributed by atoms with Crippen LogP contribution in [-0.4, -0.2) is 36.2 Å². The zero-order valence-electron chi connectivity index (χ0n) is 21.3. The topological polar surface area (TPSA) is 15.3 Å². The Balaban J connectivity index is 1.24. The third kappa shape index (κ3) is 7.43. The van der Waals surface area contributed by atoms with E-state index in [0.29, 0.717) is 12.6 Å². The number of nitrogens with one attached hydrogen (secondary N) is 1. The molecular weight excluding hydrogens is 419 g/mol. The van der Waals surface area contributed by atoms with Crippen molar-refractivity contribution in [3.63, 3.8) is 0 Å². The molecule has 1 saturated carbocycles. The minimum absolute atomic E-state index is 0.563. The Morgan fingerprint density at radius 3 is 2.09 bits per heavy atom. The summed E-state index contributed by atoms with van der Waals surface area (Å²) in [4.78, 5) is 2.29. The number of hydrogen-bond acceptors (Lipinski definition) is 2. The number of piperidine rings is 1. The number of nitrogens with zero attached hydrogens (tertiary/aromatic N) is 1. The van der Waals surface area contributed by atoms with Crippen LogP contribution in [0.2, 0.25) is 0 Å². The second kappa shape index (κ2) is 11.5. The molecule has 2 aromatic carbocycles. The van der Waals surface area contributed by atoms with Crippen LogP contribution in [0.4, 0.5) is 4.39 Å². The smallest absolute Gasteiger partial charge is 0.118 e. The van der Waals surface area contributed by atoms with Gasteiger partial charge in [0.25, 0.3) is 0 Å². The van der Waals surface area contributed by atoms with Gasteiger partial charge in [-0.2, -0.15) is 0 Å². The summed E-state index contributed by atoms with van der Waals surface area (Å²) in [5.41, 5.74) is 5.08. The van der Waals surface area contributed by atoms with Gasteiger partial charge in [-0.1, -0.05) is 74.4 Å². The lowest BCUT2D eigenvalue weighted by Gasteiger charge is -2.34. The minimum atomic E-state index is -1.09. The zero-order chi connectivity index (χ0) is 24.0. The number of alkyl halides is 1. The molecule has 0 bridgehead atoms. The molecule has 0 amide bonds. The Labute approximate surface area is 206 Å². The van der Waals surface area contributed by atoms with Crippen molar-refractivity contribution in [2.24, 2.45) is 5.92 Å². The summed E-state index contributed by atoms with van der Waals surface area (Å²) in [5, 5.41) is 3.64. The van der Waals surface area contributed by atoms with E-state index < -0.39 is 5.67 Å². The summed E-state index contributed by atoms with van der Waals surface area (Å²) in [6, 6.07) is 18.5. The third-order valence-corrected chi connectivity index (χ3v) is 7.65. The number of halogens is 1. The van der Waals surface area contributed by atoms with Crippen molar-refractivity contribution in [1.29, 1.82) is 0 Å². The second-order valence-electron chi connectivity index (χ2n) is 11.2. The highest BCUT2D eigenvalue weighted by Crippen LogP contribution is 2.27.